The molecule has 116 valence electrons. The fraction of sp³-hybridized carbons (Fsp3) is 0.200. The van der Waals surface area contributed by atoms with E-state index in [1.165, 1.54) is 30.9 Å². The van der Waals surface area contributed by atoms with Crippen LogP contribution in [0.25, 0.3) is 6.08 Å². The van der Waals surface area contributed by atoms with Crippen molar-refractivity contribution >= 4 is 51.9 Å². The quantitative estimate of drug-likeness (QED) is 0.457. The molecule has 0 atom stereocenters. The molecule has 22 heavy (non-hydrogen) atoms. The average molecular weight is 356 g/mol. The summed E-state index contributed by atoms with van der Waals surface area (Å²) in [5.41, 5.74) is 0.738. The van der Waals surface area contributed by atoms with E-state index in [1.807, 2.05) is 0 Å². The first-order valence-electron chi connectivity index (χ1n) is 6.29. The number of thiocarbonyl (C=S) groups is 1. The van der Waals surface area contributed by atoms with Crippen LogP contribution in [0.3, 0.4) is 0 Å². The van der Waals surface area contributed by atoms with Gasteiger partial charge in [0.1, 0.15) is 4.32 Å². The number of thioether (sulfide) groups is 1. The lowest BCUT2D eigenvalue weighted by Gasteiger charge is -2.11. The largest absolute Gasteiger partial charge is 0.493 e. The average Bonchev–Trinajstić information content (AvgIpc) is 2.74. The van der Waals surface area contributed by atoms with Crippen LogP contribution in [0, 0.1) is 0 Å². The van der Waals surface area contributed by atoms with Crippen molar-refractivity contribution in [2.75, 3.05) is 20.8 Å². The summed E-state index contributed by atoms with van der Waals surface area (Å²) in [7, 11) is 3.05. The van der Waals surface area contributed by atoms with Gasteiger partial charge in [0.15, 0.2) is 11.5 Å². The SMILES string of the molecule is C=CCN1C(=O)/C(=C/c2cc(Cl)c(OC)c(OC)c2)SC1=S. The molecular formula is C15H14ClNO3S2. The fourth-order valence-electron chi connectivity index (χ4n) is 1.96. The molecule has 0 N–H and O–H groups in total. The molecule has 1 heterocycles. The fourth-order valence-corrected chi connectivity index (χ4v) is 3.53. The maximum atomic E-state index is 12.3. The van der Waals surface area contributed by atoms with Gasteiger partial charge in [-0.05, 0) is 23.8 Å². The van der Waals surface area contributed by atoms with Gasteiger partial charge in [-0.15, -0.1) is 6.58 Å². The zero-order valence-electron chi connectivity index (χ0n) is 12.1. The maximum Gasteiger partial charge on any atom is 0.266 e. The minimum absolute atomic E-state index is 0.138. The summed E-state index contributed by atoms with van der Waals surface area (Å²) < 4.78 is 11.0. The highest BCUT2D eigenvalue weighted by atomic mass is 35.5. The minimum atomic E-state index is -0.138. The summed E-state index contributed by atoms with van der Waals surface area (Å²) in [4.78, 5) is 14.3. The summed E-state index contributed by atoms with van der Waals surface area (Å²) in [6.07, 6.45) is 3.37. The van der Waals surface area contributed by atoms with Crippen LogP contribution in [0.15, 0.2) is 29.7 Å². The van der Waals surface area contributed by atoms with E-state index in [0.29, 0.717) is 32.3 Å². The van der Waals surface area contributed by atoms with Gasteiger partial charge in [-0.25, -0.2) is 0 Å². The Balaban J connectivity index is 2.38. The molecular weight excluding hydrogens is 342 g/mol. The Morgan fingerprint density at radius 3 is 2.73 bits per heavy atom. The molecule has 0 aromatic heterocycles. The van der Waals surface area contributed by atoms with Crippen LogP contribution < -0.4 is 9.47 Å². The molecule has 0 bridgehead atoms. The lowest BCUT2D eigenvalue weighted by molar-refractivity contribution is -0.121. The topological polar surface area (TPSA) is 38.8 Å². The summed E-state index contributed by atoms with van der Waals surface area (Å²) in [6.45, 7) is 4.02. The standard InChI is InChI=1S/C15H14ClNO3S2/c1-4-5-17-14(18)12(22-15(17)21)8-9-6-10(16)13(20-3)11(7-9)19-2/h4,6-8H,1,5H2,2-3H3/b12-8-. The van der Waals surface area contributed by atoms with Gasteiger partial charge in [0.25, 0.3) is 5.91 Å². The van der Waals surface area contributed by atoms with Crippen molar-refractivity contribution in [3.05, 3.63) is 40.3 Å². The summed E-state index contributed by atoms with van der Waals surface area (Å²) >= 11 is 12.6. The molecule has 0 saturated carbocycles. The molecule has 0 radical (unpaired) electrons. The second kappa shape index (κ2) is 7.17. The van der Waals surface area contributed by atoms with Crippen molar-refractivity contribution in [3.8, 4) is 11.5 Å². The van der Waals surface area contributed by atoms with Crippen molar-refractivity contribution in [2.24, 2.45) is 0 Å². The van der Waals surface area contributed by atoms with E-state index in [9.17, 15) is 4.79 Å². The van der Waals surface area contributed by atoms with E-state index in [-0.39, 0.29) is 5.91 Å². The van der Waals surface area contributed by atoms with Crippen LogP contribution in [0.5, 0.6) is 11.5 Å². The third kappa shape index (κ3) is 3.29. The molecule has 1 aromatic carbocycles. The second-order valence-electron chi connectivity index (χ2n) is 4.32. The van der Waals surface area contributed by atoms with E-state index in [2.05, 4.69) is 6.58 Å². The predicted octanol–water partition coefficient (Wildman–Crippen LogP) is 3.74. The molecule has 0 unspecified atom stereocenters. The maximum absolute atomic E-state index is 12.3. The van der Waals surface area contributed by atoms with Crippen molar-refractivity contribution in [2.45, 2.75) is 0 Å². The van der Waals surface area contributed by atoms with E-state index in [0.717, 1.165) is 5.56 Å². The second-order valence-corrected chi connectivity index (χ2v) is 6.40. The summed E-state index contributed by atoms with van der Waals surface area (Å²) in [5.74, 6) is 0.823. The van der Waals surface area contributed by atoms with E-state index < -0.39 is 0 Å². The van der Waals surface area contributed by atoms with Crippen LogP contribution in [0.2, 0.25) is 5.02 Å². The molecule has 4 nitrogen and oxygen atoms in total. The molecule has 0 aliphatic carbocycles. The van der Waals surface area contributed by atoms with Crippen molar-refractivity contribution in [1.82, 2.24) is 4.90 Å². The predicted molar refractivity (Wildman–Crippen MR) is 94.6 cm³/mol. The highest BCUT2D eigenvalue weighted by molar-refractivity contribution is 8.26. The van der Waals surface area contributed by atoms with Gasteiger partial charge in [-0.3, -0.25) is 9.69 Å². The number of halogens is 1. The molecule has 0 spiro atoms. The van der Waals surface area contributed by atoms with Crippen LogP contribution in [0.1, 0.15) is 5.56 Å². The number of methoxy groups -OCH3 is 2. The van der Waals surface area contributed by atoms with Crippen LogP contribution in [-0.2, 0) is 4.79 Å². The first kappa shape index (κ1) is 16.9. The number of hydrogen-bond acceptors (Lipinski definition) is 5. The van der Waals surface area contributed by atoms with Gasteiger partial charge in [0.2, 0.25) is 0 Å². The number of carbonyl (C=O) groups excluding carboxylic acids is 1. The number of carbonyl (C=O) groups is 1. The Hall–Kier alpha value is -1.50. The van der Waals surface area contributed by atoms with Crippen LogP contribution in [0.4, 0.5) is 0 Å². The number of amides is 1. The molecule has 1 saturated heterocycles. The van der Waals surface area contributed by atoms with E-state index >= 15 is 0 Å². The zero-order valence-corrected chi connectivity index (χ0v) is 14.5. The van der Waals surface area contributed by atoms with Crippen LogP contribution >= 0.6 is 35.6 Å². The van der Waals surface area contributed by atoms with E-state index in [4.69, 9.17) is 33.3 Å². The lowest BCUT2D eigenvalue weighted by Crippen LogP contribution is -2.27. The van der Waals surface area contributed by atoms with Crippen molar-refractivity contribution in [1.29, 1.82) is 0 Å². The third-order valence-corrected chi connectivity index (χ3v) is 4.60. The smallest absolute Gasteiger partial charge is 0.266 e. The molecule has 1 amide bonds. The molecule has 2 rings (SSSR count). The zero-order chi connectivity index (χ0) is 16.3. The Morgan fingerprint density at radius 1 is 1.41 bits per heavy atom. The Labute approximate surface area is 143 Å². The number of benzene rings is 1. The van der Waals surface area contributed by atoms with E-state index in [1.54, 1.807) is 24.3 Å². The molecule has 1 aromatic rings. The highest BCUT2D eigenvalue weighted by Gasteiger charge is 2.31. The van der Waals surface area contributed by atoms with Gasteiger partial charge < -0.3 is 9.47 Å². The highest BCUT2D eigenvalue weighted by Crippen LogP contribution is 2.38. The Morgan fingerprint density at radius 2 is 2.14 bits per heavy atom. The van der Waals surface area contributed by atoms with Gasteiger partial charge in [0.05, 0.1) is 24.1 Å². The van der Waals surface area contributed by atoms with Crippen molar-refractivity contribution < 1.29 is 14.3 Å². The summed E-state index contributed by atoms with van der Waals surface area (Å²) in [5, 5.41) is 0.412. The molecule has 1 aliphatic heterocycles. The lowest BCUT2D eigenvalue weighted by atomic mass is 10.2. The Bertz CT molecular complexity index is 673. The molecule has 7 heteroatoms. The first-order chi connectivity index (χ1) is 10.5. The van der Waals surface area contributed by atoms with Crippen molar-refractivity contribution in [3.63, 3.8) is 0 Å². The van der Waals surface area contributed by atoms with Gasteiger partial charge >= 0.3 is 0 Å². The van der Waals surface area contributed by atoms with Gasteiger partial charge in [-0.1, -0.05) is 41.7 Å². The number of hydrogen-bond donors (Lipinski definition) is 0. The first-order valence-corrected chi connectivity index (χ1v) is 7.89. The normalized spacial score (nSPS) is 16.3. The van der Waals surface area contributed by atoms with Crippen LogP contribution in [-0.4, -0.2) is 35.9 Å². The Kier molecular flexibility index (Phi) is 5.50. The number of rotatable bonds is 5. The molecule has 1 aliphatic rings. The third-order valence-electron chi connectivity index (χ3n) is 2.94. The number of ether oxygens (including phenoxy) is 2. The number of nitrogens with zero attached hydrogens (tertiary/aromatic N) is 1. The summed E-state index contributed by atoms with van der Waals surface area (Å²) in [6, 6.07) is 3.47. The monoisotopic (exact) mass is 355 g/mol. The molecule has 1 fully saturated rings. The van der Waals surface area contributed by atoms with Gasteiger partial charge in [-0.2, -0.15) is 0 Å². The minimum Gasteiger partial charge on any atom is -0.493 e. The van der Waals surface area contributed by atoms with Gasteiger partial charge in [0, 0.05) is 6.54 Å².